The van der Waals surface area contributed by atoms with E-state index in [1.807, 2.05) is 20.8 Å². The second-order valence-electron chi connectivity index (χ2n) is 11.5. The summed E-state index contributed by atoms with van der Waals surface area (Å²) >= 11 is 0. The fraction of sp³-hybridized carbons (Fsp3) is 0.739. The van der Waals surface area contributed by atoms with Gasteiger partial charge >= 0.3 is 0 Å². The third-order valence-electron chi connectivity index (χ3n) is 4.48. The maximum absolute atomic E-state index is 13.0. The average molecular weight is 412 g/mol. The molecule has 0 aliphatic rings. The lowest BCUT2D eigenvalue weighted by atomic mass is 9.83. The minimum Gasteiger partial charge on any atom is -0.242 e. The molecule has 0 saturated heterocycles. The van der Waals surface area contributed by atoms with Crippen LogP contribution in [-0.4, -0.2) is 19.3 Å². The Bertz CT molecular complexity index is 643. The second kappa shape index (κ2) is 8.25. The van der Waals surface area contributed by atoms with Crippen molar-refractivity contribution in [1.29, 1.82) is 0 Å². The Morgan fingerprint density at radius 1 is 0.815 bits per heavy atom. The van der Waals surface area contributed by atoms with Gasteiger partial charge in [0.15, 0.2) is 0 Å². The SMILES string of the molecule is CC(C)(C)[C@H](N[S@](=O)C(C)(C)C)c1ccccc1P(C(C)(C)C)C(C)(C)C. The summed E-state index contributed by atoms with van der Waals surface area (Å²) in [4.78, 5) is 0. The van der Waals surface area contributed by atoms with Crippen molar-refractivity contribution in [3.05, 3.63) is 29.8 Å². The summed E-state index contributed by atoms with van der Waals surface area (Å²) in [5.74, 6) is 0. The Kier molecular flexibility index (Phi) is 7.57. The Morgan fingerprint density at radius 2 is 1.26 bits per heavy atom. The van der Waals surface area contributed by atoms with Crippen LogP contribution in [0.1, 0.15) is 94.7 Å². The Labute approximate surface area is 172 Å². The molecule has 0 fully saturated rings. The van der Waals surface area contributed by atoms with Crippen LogP contribution in [0.4, 0.5) is 0 Å². The molecule has 0 amide bonds. The predicted molar refractivity (Wildman–Crippen MR) is 126 cm³/mol. The molecular weight excluding hydrogens is 369 g/mol. The quantitative estimate of drug-likeness (QED) is 0.561. The van der Waals surface area contributed by atoms with E-state index in [9.17, 15) is 4.21 Å². The summed E-state index contributed by atoms with van der Waals surface area (Å²) in [6.45, 7) is 26.9. The monoisotopic (exact) mass is 411 g/mol. The fourth-order valence-electron chi connectivity index (χ4n) is 3.65. The summed E-state index contributed by atoms with van der Waals surface area (Å²) in [5.41, 5.74) is 1.26. The lowest BCUT2D eigenvalue weighted by Crippen LogP contribution is -2.43. The summed E-state index contributed by atoms with van der Waals surface area (Å²) in [6, 6.07) is 8.86. The molecule has 2 nitrogen and oxygen atoms in total. The second-order valence-corrected chi connectivity index (χ2v) is 17.4. The van der Waals surface area contributed by atoms with Crippen LogP contribution in [0.5, 0.6) is 0 Å². The van der Waals surface area contributed by atoms with Gasteiger partial charge in [0.05, 0.1) is 15.7 Å². The molecule has 0 unspecified atom stereocenters. The van der Waals surface area contributed by atoms with Crippen LogP contribution < -0.4 is 10.0 Å². The van der Waals surface area contributed by atoms with Gasteiger partial charge in [-0.2, -0.15) is 0 Å². The molecule has 0 bridgehead atoms. The standard InChI is InChI=1S/C23H42NOPS/c1-20(2,3)19(24-27(25)23(10,11)12)17-15-13-14-16-18(17)26(21(4,5)6)22(7,8)9/h13-16,19,24H,1-12H3/t19-,27-/m1/s1. The van der Waals surface area contributed by atoms with Gasteiger partial charge in [-0.05, 0) is 47.4 Å². The number of hydrogen-bond donors (Lipinski definition) is 1. The van der Waals surface area contributed by atoms with Crippen molar-refractivity contribution in [3.8, 4) is 0 Å². The van der Waals surface area contributed by atoms with Crippen LogP contribution in [0.2, 0.25) is 0 Å². The van der Waals surface area contributed by atoms with Crippen molar-refractivity contribution >= 4 is 24.2 Å². The molecule has 0 aliphatic heterocycles. The molecule has 0 radical (unpaired) electrons. The molecule has 156 valence electrons. The van der Waals surface area contributed by atoms with Crippen LogP contribution >= 0.6 is 7.92 Å². The van der Waals surface area contributed by atoms with E-state index in [0.717, 1.165) is 0 Å². The predicted octanol–water partition coefficient (Wildman–Crippen LogP) is 6.53. The van der Waals surface area contributed by atoms with Crippen molar-refractivity contribution < 1.29 is 4.21 Å². The third-order valence-corrected chi connectivity index (χ3v) is 9.61. The fourth-order valence-corrected chi connectivity index (χ4v) is 8.86. The van der Waals surface area contributed by atoms with E-state index in [4.69, 9.17) is 0 Å². The van der Waals surface area contributed by atoms with Gasteiger partial charge in [0.25, 0.3) is 0 Å². The molecule has 0 saturated carbocycles. The first kappa shape index (κ1) is 24.8. The molecule has 0 aliphatic carbocycles. The van der Waals surface area contributed by atoms with Crippen molar-refractivity contribution in [1.82, 2.24) is 4.72 Å². The third kappa shape index (κ3) is 6.65. The van der Waals surface area contributed by atoms with Gasteiger partial charge in [-0.1, -0.05) is 94.5 Å². The Balaban J connectivity index is 3.61. The van der Waals surface area contributed by atoms with E-state index in [1.165, 1.54) is 10.9 Å². The van der Waals surface area contributed by atoms with Crippen LogP contribution in [0.25, 0.3) is 0 Å². The molecular formula is C23H42NOPS. The highest BCUT2D eigenvalue weighted by Crippen LogP contribution is 2.59. The van der Waals surface area contributed by atoms with Gasteiger partial charge in [-0.25, -0.2) is 8.93 Å². The lowest BCUT2D eigenvalue weighted by Gasteiger charge is -2.44. The lowest BCUT2D eigenvalue weighted by molar-refractivity contribution is 0.308. The normalized spacial score (nSPS) is 16.5. The molecule has 1 aromatic carbocycles. The zero-order chi connectivity index (χ0) is 21.4. The van der Waals surface area contributed by atoms with Gasteiger partial charge in [0, 0.05) is 6.04 Å². The first-order chi connectivity index (χ1) is 11.9. The zero-order valence-electron chi connectivity index (χ0n) is 19.7. The number of rotatable bonds is 4. The van der Waals surface area contributed by atoms with Gasteiger partial charge < -0.3 is 0 Å². The maximum atomic E-state index is 13.0. The average Bonchev–Trinajstić information content (AvgIpc) is 2.40. The molecule has 1 aromatic rings. The van der Waals surface area contributed by atoms with E-state index >= 15 is 0 Å². The van der Waals surface area contributed by atoms with Gasteiger partial charge in [0.2, 0.25) is 0 Å². The molecule has 27 heavy (non-hydrogen) atoms. The summed E-state index contributed by atoms with van der Waals surface area (Å²) in [6.07, 6.45) is 0. The van der Waals surface area contributed by atoms with Gasteiger partial charge in [-0.3, -0.25) is 0 Å². The van der Waals surface area contributed by atoms with Gasteiger partial charge in [0.1, 0.15) is 0 Å². The van der Waals surface area contributed by atoms with E-state index in [2.05, 4.69) is 91.3 Å². The van der Waals surface area contributed by atoms with Crippen molar-refractivity contribution in [2.45, 2.75) is 104 Å². The smallest absolute Gasteiger partial charge is 0.0976 e. The molecule has 2 atom stereocenters. The van der Waals surface area contributed by atoms with E-state index in [1.54, 1.807) is 0 Å². The highest BCUT2D eigenvalue weighted by molar-refractivity contribution is 7.84. The van der Waals surface area contributed by atoms with E-state index in [-0.39, 0.29) is 26.5 Å². The number of benzene rings is 1. The topological polar surface area (TPSA) is 29.1 Å². The van der Waals surface area contributed by atoms with Crippen LogP contribution in [-0.2, 0) is 11.0 Å². The van der Waals surface area contributed by atoms with Crippen molar-refractivity contribution in [2.24, 2.45) is 5.41 Å². The highest BCUT2D eigenvalue weighted by atomic mass is 32.2. The van der Waals surface area contributed by atoms with Crippen LogP contribution in [0.15, 0.2) is 24.3 Å². The van der Waals surface area contributed by atoms with E-state index < -0.39 is 18.9 Å². The van der Waals surface area contributed by atoms with Crippen molar-refractivity contribution in [2.75, 3.05) is 0 Å². The number of nitrogens with one attached hydrogen (secondary N) is 1. The minimum atomic E-state index is -1.12. The number of hydrogen-bond acceptors (Lipinski definition) is 1. The first-order valence-electron chi connectivity index (χ1n) is 9.94. The summed E-state index contributed by atoms with van der Waals surface area (Å²) in [5, 5.41) is 1.82. The van der Waals surface area contributed by atoms with Gasteiger partial charge in [-0.15, -0.1) is 0 Å². The molecule has 0 spiro atoms. The highest BCUT2D eigenvalue weighted by Gasteiger charge is 2.40. The first-order valence-corrected chi connectivity index (χ1v) is 12.4. The Morgan fingerprint density at radius 3 is 1.63 bits per heavy atom. The molecule has 1 rings (SSSR count). The summed E-state index contributed by atoms with van der Waals surface area (Å²) < 4.78 is 16.2. The van der Waals surface area contributed by atoms with Crippen LogP contribution in [0.3, 0.4) is 0 Å². The van der Waals surface area contributed by atoms with E-state index in [0.29, 0.717) is 0 Å². The molecule has 4 heteroatoms. The maximum Gasteiger partial charge on any atom is 0.0976 e. The molecule has 0 heterocycles. The van der Waals surface area contributed by atoms with Crippen molar-refractivity contribution in [3.63, 3.8) is 0 Å². The van der Waals surface area contributed by atoms with Crippen LogP contribution in [0, 0.1) is 5.41 Å². The largest absolute Gasteiger partial charge is 0.242 e. The molecule has 0 aromatic heterocycles. The Hall–Kier alpha value is -0.240. The molecule has 1 N–H and O–H groups in total. The summed E-state index contributed by atoms with van der Waals surface area (Å²) in [7, 11) is -1.55. The minimum absolute atomic E-state index is 0.0310. The zero-order valence-corrected chi connectivity index (χ0v) is 21.4.